The second-order valence-corrected chi connectivity index (χ2v) is 4.31. The average molecular weight is 292 g/mol. The normalized spacial score (nSPS) is 10.4. The van der Waals surface area contributed by atoms with Gasteiger partial charge in [-0.1, -0.05) is 12.1 Å². The van der Waals surface area contributed by atoms with Gasteiger partial charge in [0.2, 0.25) is 0 Å². The molecular weight excluding hydrogens is 276 g/mol. The number of nitrogens with zero attached hydrogens (tertiary/aromatic N) is 2. The number of methoxy groups -OCH3 is 1. The Morgan fingerprint density at radius 2 is 2.24 bits per heavy atom. The van der Waals surface area contributed by atoms with Crippen molar-refractivity contribution in [3.8, 4) is 11.5 Å². The van der Waals surface area contributed by atoms with Gasteiger partial charge in [-0.05, 0) is 24.6 Å². The molecule has 7 nitrogen and oxygen atoms in total. The van der Waals surface area contributed by atoms with Crippen molar-refractivity contribution >= 4 is 5.97 Å². The zero-order valence-corrected chi connectivity index (χ0v) is 11.8. The van der Waals surface area contributed by atoms with Crippen LogP contribution in [-0.4, -0.2) is 28.3 Å². The Kier molecular flexibility index (Phi) is 4.76. The molecular formula is C14H16N2O5. The summed E-state index contributed by atoms with van der Waals surface area (Å²) < 4.78 is 15.5. The van der Waals surface area contributed by atoms with Crippen LogP contribution in [0.3, 0.4) is 0 Å². The van der Waals surface area contributed by atoms with E-state index in [9.17, 15) is 4.79 Å². The lowest BCUT2D eigenvalue weighted by molar-refractivity contribution is 0.0690. The number of ether oxygens (including phenoxy) is 2. The number of benzene rings is 1. The first-order valence-corrected chi connectivity index (χ1v) is 6.49. The fourth-order valence-corrected chi connectivity index (χ4v) is 1.74. The Balaban J connectivity index is 2.09. The van der Waals surface area contributed by atoms with E-state index in [4.69, 9.17) is 19.1 Å². The number of aromatic carboxylic acids is 1. The second kappa shape index (κ2) is 6.74. The lowest BCUT2D eigenvalue weighted by atomic mass is 10.2. The molecule has 1 aromatic carbocycles. The van der Waals surface area contributed by atoms with Crippen LogP contribution in [0, 0.1) is 0 Å². The van der Waals surface area contributed by atoms with Gasteiger partial charge in [0, 0.05) is 6.42 Å². The third-order valence-corrected chi connectivity index (χ3v) is 2.75. The highest BCUT2D eigenvalue weighted by molar-refractivity contribution is 5.91. The van der Waals surface area contributed by atoms with Crippen LogP contribution in [0.2, 0.25) is 0 Å². The molecule has 0 aliphatic heterocycles. The molecule has 0 bridgehead atoms. The van der Waals surface area contributed by atoms with Gasteiger partial charge in [0.25, 0.3) is 5.89 Å². The van der Waals surface area contributed by atoms with E-state index in [2.05, 4.69) is 10.1 Å². The molecule has 1 aromatic heterocycles. The van der Waals surface area contributed by atoms with Crippen molar-refractivity contribution in [3.63, 3.8) is 0 Å². The number of rotatable bonds is 7. The van der Waals surface area contributed by atoms with Gasteiger partial charge in [-0.25, -0.2) is 4.79 Å². The first kappa shape index (κ1) is 14.8. The molecule has 0 amide bonds. The predicted octanol–water partition coefficient (Wildman–Crippen LogP) is 2.31. The smallest absolute Gasteiger partial charge is 0.339 e. The molecule has 0 saturated heterocycles. The van der Waals surface area contributed by atoms with E-state index in [1.54, 1.807) is 6.07 Å². The molecule has 0 aliphatic rings. The number of carboxylic acid groups (broad SMARTS) is 1. The quantitative estimate of drug-likeness (QED) is 0.836. The van der Waals surface area contributed by atoms with E-state index in [0.717, 1.165) is 12.8 Å². The van der Waals surface area contributed by atoms with Gasteiger partial charge in [0.1, 0.15) is 17.1 Å². The van der Waals surface area contributed by atoms with E-state index >= 15 is 0 Å². The minimum Gasteiger partial charge on any atom is -0.497 e. The molecule has 0 unspecified atom stereocenters. The molecule has 2 aromatic rings. The largest absolute Gasteiger partial charge is 0.497 e. The SMILES string of the molecule is CCCc1noc(COc2ccc(OC)cc2C(=O)O)n1. The lowest BCUT2D eigenvalue weighted by Gasteiger charge is -2.08. The van der Waals surface area contributed by atoms with E-state index in [1.807, 2.05) is 6.92 Å². The van der Waals surface area contributed by atoms with E-state index < -0.39 is 5.97 Å². The molecule has 112 valence electrons. The van der Waals surface area contributed by atoms with Crippen molar-refractivity contribution in [1.29, 1.82) is 0 Å². The highest BCUT2D eigenvalue weighted by atomic mass is 16.5. The molecule has 7 heteroatoms. The maximum Gasteiger partial charge on any atom is 0.339 e. The number of hydrogen-bond donors (Lipinski definition) is 1. The highest BCUT2D eigenvalue weighted by Crippen LogP contribution is 2.24. The Morgan fingerprint density at radius 1 is 1.43 bits per heavy atom. The summed E-state index contributed by atoms with van der Waals surface area (Å²) >= 11 is 0. The van der Waals surface area contributed by atoms with E-state index in [1.165, 1.54) is 19.2 Å². The molecule has 0 aliphatic carbocycles. The van der Waals surface area contributed by atoms with Gasteiger partial charge >= 0.3 is 5.97 Å². The Hall–Kier alpha value is -2.57. The van der Waals surface area contributed by atoms with Gasteiger partial charge < -0.3 is 19.1 Å². The van der Waals surface area contributed by atoms with Crippen molar-refractivity contribution < 1.29 is 23.9 Å². The molecule has 0 saturated carbocycles. The minimum atomic E-state index is -1.10. The summed E-state index contributed by atoms with van der Waals surface area (Å²) in [7, 11) is 1.47. The third kappa shape index (κ3) is 3.71. The third-order valence-electron chi connectivity index (χ3n) is 2.75. The number of carbonyl (C=O) groups is 1. The van der Waals surface area contributed by atoms with E-state index in [0.29, 0.717) is 17.5 Å². The summed E-state index contributed by atoms with van der Waals surface area (Å²) in [4.78, 5) is 15.4. The fourth-order valence-electron chi connectivity index (χ4n) is 1.74. The maximum atomic E-state index is 11.2. The number of carboxylic acids is 1. The monoisotopic (exact) mass is 292 g/mol. The van der Waals surface area contributed by atoms with Crippen LogP contribution in [0.1, 0.15) is 35.4 Å². The lowest BCUT2D eigenvalue weighted by Crippen LogP contribution is -2.04. The number of hydrogen-bond acceptors (Lipinski definition) is 6. The summed E-state index contributed by atoms with van der Waals surface area (Å²) in [6, 6.07) is 4.55. The van der Waals surface area contributed by atoms with Gasteiger partial charge in [-0.15, -0.1) is 0 Å². The van der Waals surface area contributed by atoms with Crippen LogP contribution in [-0.2, 0) is 13.0 Å². The Morgan fingerprint density at radius 3 is 2.90 bits per heavy atom. The molecule has 0 fully saturated rings. The fraction of sp³-hybridized carbons (Fsp3) is 0.357. The summed E-state index contributed by atoms with van der Waals surface area (Å²) in [5.74, 6) is 0.498. The van der Waals surface area contributed by atoms with Crippen LogP contribution < -0.4 is 9.47 Å². The van der Waals surface area contributed by atoms with Crippen molar-refractivity contribution in [1.82, 2.24) is 10.1 Å². The van der Waals surface area contributed by atoms with Gasteiger partial charge in [-0.3, -0.25) is 0 Å². The van der Waals surface area contributed by atoms with Crippen LogP contribution >= 0.6 is 0 Å². The zero-order chi connectivity index (χ0) is 15.2. The molecule has 0 radical (unpaired) electrons. The van der Waals surface area contributed by atoms with Crippen LogP contribution in [0.15, 0.2) is 22.7 Å². The van der Waals surface area contributed by atoms with Crippen molar-refractivity contribution in [2.45, 2.75) is 26.4 Å². The van der Waals surface area contributed by atoms with Gasteiger partial charge in [0.15, 0.2) is 12.4 Å². The first-order chi connectivity index (χ1) is 10.1. The molecule has 1 heterocycles. The molecule has 0 atom stereocenters. The molecule has 2 rings (SSSR count). The van der Waals surface area contributed by atoms with Crippen molar-refractivity contribution in [2.75, 3.05) is 7.11 Å². The van der Waals surface area contributed by atoms with Gasteiger partial charge in [-0.2, -0.15) is 4.98 Å². The van der Waals surface area contributed by atoms with Crippen LogP contribution in [0.4, 0.5) is 0 Å². The van der Waals surface area contributed by atoms with Crippen LogP contribution in [0.25, 0.3) is 0 Å². The number of aryl methyl sites for hydroxylation is 1. The van der Waals surface area contributed by atoms with Gasteiger partial charge in [0.05, 0.1) is 7.11 Å². The summed E-state index contributed by atoms with van der Waals surface area (Å²) in [5.41, 5.74) is 0.0163. The second-order valence-electron chi connectivity index (χ2n) is 4.31. The average Bonchev–Trinajstić information content (AvgIpc) is 2.93. The number of aromatic nitrogens is 2. The summed E-state index contributed by atoms with van der Waals surface area (Å²) in [6.45, 7) is 2.03. The Labute approximate surface area is 121 Å². The summed E-state index contributed by atoms with van der Waals surface area (Å²) in [5, 5.41) is 13.0. The zero-order valence-electron chi connectivity index (χ0n) is 11.8. The molecule has 0 spiro atoms. The first-order valence-electron chi connectivity index (χ1n) is 6.49. The van der Waals surface area contributed by atoms with Crippen molar-refractivity contribution in [3.05, 3.63) is 35.5 Å². The summed E-state index contributed by atoms with van der Waals surface area (Å²) in [6.07, 6.45) is 1.65. The Bertz CT molecular complexity index is 624. The van der Waals surface area contributed by atoms with Crippen LogP contribution in [0.5, 0.6) is 11.5 Å². The molecule has 21 heavy (non-hydrogen) atoms. The standard InChI is InChI=1S/C14H16N2O5/c1-3-4-12-15-13(21-16-12)8-20-11-6-5-9(19-2)7-10(11)14(17)18/h5-7H,3-4,8H2,1-2H3,(H,17,18). The van der Waals surface area contributed by atoms with Crippen molar-refractivity contribution in [2.24, 2.45) is 0 Å². The predicted molar refractivity (Wildman–Crippen MR) is 72.6 cm³/mol. The maximum absolute atomic E-state index is 11.2. The molecule has 1 N–H and O–H groups in total. The van der Waals surface area contributed by atoms with E-state index in [-0.39, 0.29) is 17.9 Å². The topological polar surface area (TPSA) is 94.7 Å². The highest BCUT2D eigenvalue weighted by Gasteiger charge is 2.14. The minimum absolute atomic E-state index is 0.0163.